The number of hydrogen-bond acceptors (Lipinski definition) is 4. The number of piperazine rings is 1. The molecule has 32 heavy (non-hydrogen) atoms. The largest absolute Gasteiger partial charge is 0.356 e. The summed E-state index contributed by atoms with van der Waals surface area (Å²) in [6.45, 7) is 8.01. The Labute approximate surface area is 208 Å². The highest BCUT2D eigenvalue weighted by Crippen LogP contribution is 2.14. The van der Waals surface area contributed by atoms with Gasteiger partial charge in [-0.1, -0.05) is 12.1 Å². The minimum Gasteiger partial charge on any atom is -0.356 e. The minimum absolute atomic E-state index is 0. The molecule has 1 aromatic carbocycles. The maximum Gasteiger partial charge on any atom is 0.251 e. The highest BCUT2D eigenvalue weighted by atomic mass is 127. The van der Waals surface area contributed by atoms with Gasteiger partial charge in [-0.3, -0.25) is 19.5 Å². The lowest BCUT2D eigenvalue weighted by atomic mass is 10.1. The van der Waals surface area contributed by atoms with Gasteiger partial charge in [0.05, 0.1) is 6.04 Å². The van der Waals surface area contributed by atoms with Crippen LogP contribution in [0.5, 0.6) is 0 Å². The SMILES string of the molecule is CN=C(NCCc1cccc(C(=O)NC)c1)N1CCN(C(C)C(=O)N2CCCC2)CC1.I. The van der Waals surface area contributed by atoms with Crippen LogP contribution in [-0.2, 0) is 11.2 Å². The van der Waals surface area contributed by atoms with Gasteiger partial charge in [-0.15, -0.1) is 24.0 Å². The Hall–Kier alpha value is -1.88. The van der Waals surface area contributed by atoms with Crippen molar-refractivity contribution in [1.29, 1.82) is 0 Å². The summed E-state index contributed by atoms with van der Waals surface area (Å²) >= 11 is 0. The number of carbonyl (C=O) groups excluding carboxylic acids is 2. The molecule has 0 aromatic heterocycles. The number of likely N-dealkylation sites (tertiary alicyclic amines) is 1. The number of aliphatic imine (C=N–C) groups is 1. The van der Waals surface area contributed by atoms with Crippen LogP contribution in [0.15, 0.2) is 29.3 Å². The lowest BCUT2D eigenvalue weighted by molar-refractivity contribution is -0.135. The molecular weight excluding hydrogens is 519 g/mol. The third-order valence-corrected chi connectivity index (χ3v) is 6.26. The number of rotatable bonds is 6. The van der Waals surface area contributed by atoms with E-state index >= 15 is 0 Å². The van der Waals surface area contributed by atoms with Gasteiger partial charge in [0.25, 0.3) is 5.91 Å². The fourth-order valence-electron chi connectivity index (χ4n) is 4.34. The van der Waals surface area contributed by atoms with E-state index in [2.05, 4.69) is 25.4 Å². The molecule has 0 saturated carbocycles. The topological polar surface area (TPSA) is 80.3 Å². The Morgan fingerprint density at radius 3 is 2.38 bits per heavy atom. The second-order valence-corrected chi connectivity index (χ2v) is 8.23. The number of amides is 2. The lowest BCUT2D eigenvalue weighted by Gasteiger charge is -2.39. The summed E-state index contributed by atoms with van der Waals surface area (Å²) < 4.78 is 0. The van der Waals surface area contributed by atoms with E-state index in [0.29, 0.717) is 5.56 Å². The fourth-order valence-corrected chi connectivity index (χ4v) is 4.34. The summed E-state index contributed by atoms with van der Waals surface area (Å²) in [5.41, 5.74) is 1.79. The van der Waals surface area contributed by atoms with Crippen LogP contribution in [0.1, 0.15) is 35.7 Å². The Balaban J connectivity index is 0.00000363. The van der Waals surface area contributed by atoms with Crippen LogP contribution < -0.4 is 10.6 Å². The zero-order chi connectivity index (χ0) is 22.2. The molecule has 2 heterocycles. The Morgan fingerprint density at radius 1 is 1.06 bits per heavy atom. The van der Waals surface area contributed by atoms with Crippen molar-refractivity contribution in [2.75, 3.05) is 59.9 Å². The molecule has 178 valence electrons. The number of nitrogens with zero attached hydrogens (tertiary/aromatic N) is 4. The molecule has 1 atom stereocenters. The van der Waals surface area contributed by atoms with Crippen molar-refractivity contribution in [3.63, 3.8) is 0 Å². The molecule has 8 nitrogen and oxygen atoms in total. The summed E-state index contributed by atoms with van der Waals surface area (Å²) in [5, 5.41) is 6.10. The van der Waals surface area contributed by atoms with Crippen molar-refractivity contribution in [2.24, 2.45) is 4.99 Å². The molecule has 2 N–H and O–H groups in total. The van der Waals surface area contributed by atoms with Gasteiger partial charge in [-0.25, -0.2) is 0 Å². The van der Waals surface area contributed by atoms with Crippen LogP contribution in [0, 0.1) is 0 Å². The predicted molar refractivity (Wildman–Crippen MR) is 139 cm³/mol. The third kappa shape index (κ3) is 6.81. The fraction of sp³-hybridized carbons (Fsp3) is 0.609. The maximum absolute atomic E-state index is 12.7. The summed E-state index contributed by atoms with van der Waals surface area (Å²) in [7, 11) is 3.45. The van der Waals surface area contributed by atoms with E-state index in [1.807, 2.05) is 36.1 Å². The first-order valence-corrected chi connectivity index (χ1v) is 11.3. The van der Waals surface area contributed by atoms with E-state index in [1.165, 1.54) is 0 Å². The first-order chi connectivity index (χ1) is 15.0. The van der Waals surface area contributed by atoms with Gasteiger partial charge >= 0.3 is 0 Å². The zero-order valence-corrected chi connectivity index (χ0v) is 21.8. The lowest BCUT2D eigenvalue weighted by Crippen LogP contribution is -2.57. The Bertz CT molecular complexity index is 788. The number of benzene rings is 1. The number of nitrogens with one attached hydrogen (secondary N) is 2. The molecule has 9 heteroatoms. The van der Waals surface area contributed by atoms with Crippen LogP contribution in [-0.4, -0.2) is 98.4 Å². The minimum atomic E-state index is -0.0686. The van der Waals surface area contributed by atoms with Crippen molar-refractivity contribution < 1.29 is 9.59 Å². The van der Waals surface area contributed by atoms with Crippen molar-refractivity contribution >= 4 is 41.8 Å². The average Bonchev–Trinajstić information content (AvgIpc) is 3.36. The molecule has 3 rings (SSSR count). The first kappa shape index (κ1) is 26.4. The molecule has 2 aliphatic rings. The highest BCUT2D eigenvalue weighted by Gasteiger charge is 2.30. The number of halogens is 1. The molecule has 0 aliphatic carbocycles. The normalized spacial score (nSPS) is 18.2. The van der Waals surface area contributed by atoms with Crippen LogP contribution in [0.25, 0.3) is 0 Å². The Morgan fingerprint density at radius 2 is 1.75 bits per heavy atom. The van der Waals surface area contributed by atoms with Crippen LogP contribution in [0.4, 0.5) is 0 Å². The van der Waals surface area contributed by atoms with Gasteiger partial charge in [-0.2, -0.15) is 0 Å². The van der Waals surface area contributed by atoms with Crippen molar-refractivity contribution in [3.05, 3.63) is 35.4 Å². The van der Waals surface area contributed by atoms with E-state index < -0.39 is 0 Å². The smallest absolute Gasteiger partial charge is 0.251 e. The first-order valence-electron chi connectivity index (χ1n) is 11.3. The number of carbonyl (C=O) groups is 2. The van der Waals surface area contributed by atoms with Crippen LogP contribution >= 0.6 is 24.0 Å². The quantitative estimate of drug-likeness (QED) is 0.315. The second-order valence-electron chi connectivity index (χ2n) is 8.23. The summed E-state index contributed by atoms with van der Waals surface area (Å²) in [6.07, 6.45) is 3.07. The molecule has 0 bridgehead atoms. The van der Waals surface area contributed by atoms with E-state index in [0.717, 1.165) is 76.6 Å². The highest BCUT2D eigenvalue weighted by molar-refractivity contribution is 14.0. The summed E-state index contributed by atoms with van der Waals surface area (Å²) in [4.78, 5) is 35.5. The zero-order valence-electron chi connectivity index (χ0n) is 19.5. The monoisotopic (exact) mass is 556 g/mol. The summed E-state index contributed by atoms with van der Waals surface area (Å²) in [5.74, 6) is 1.09. The van der Waals surface area contributed by atoms with Crippen LogP contribution in [0.2, 0.25) is 0 Å². The van der Waals surface area contributed by atoms with Crippen molar-refractivity contribution in [2.45, 2.75) is 32.2 Å². The van der Waals surface area contributed by atoms with Crippen LogP contribution in [0.3, 0.4) is 0 Å². The van der Waals surface area contributed by atoms with Gasteiger partial charge in [0.1, 0.15) is 0 Å². The molecule has 2 saturated heterocycles. The van der Waals surface area contributed by atoms with E-state index in [1.54, 1.807) is 14.1 Å². The van der Waals surface area contributed by atoms with Gasteiger partial charge in [0, 0.05) is 65.5 Å². The maximum atomic E-state index is 12.7. The number of guanidine groups is 1. The number of hydrogen-bond donors (Lipinski definition) is 2. The third-order valence-electron chi connectivity index (χ3n) is 6.26. The molecule has 1 aromatic rings. The van der Waals surface area contributed by atoms with E-state index in [-0.39, 0.29) is 41.8 Å². The van der Waals surface area contributed by atoms with Crippen molar-refractivity contribution in [1.82, 2.24) is 25.3 Å². The molecule has 2 amide bonds. The standard InChI is InChI=1S/C23H36N6O2.HI/c1-18(22(31)28-11-4-5-12-28)27-13-15-29(16-14-27)23(25-3)26-10-9-19-7-6-8-20(17-19)21(30)24-2;/h6-8,17-18H,4-5,9-16H2,1-3H3,(H,24,30)(H,25,26);1H. The molecular formula is C23H37IN6O2. The average molecular weight is 556 g/mol. The predicted octanol–water partition coefficient (Wildman–Crippen LogP) is 1.41. The van der Waals surface area contributed by atoms with Gasteiger partial charge in [-0.05, 0) is 43.9 Å². The molecule has 0 spiro atoms. The molecule has 0 radical (unpaired) electrons. The molecule has 1 unspecified atom stereocenters. The second kappa shape index (κ2) is 13.0. The summed E-state index contributed by atoms with van der Waals surface area (Å²) in [6, 6.07) is 7.65. The van der Waals surface area contributed by atoms with Gasteiger partial charge in [0.15, 0.2) is 5.96 Å². The van der Waals surface area contributed by atoms with E-state index in [9.17, 15) is 9.59 Å². The van der Waals surface area contributed by atoms with Crippen molar-refractivity contribution in [3.8, 4) is 0 Å². The Kier molecular flexibility index (Phi) is 10.7. The van der Waals surface area contributed by atoms with Gasteiger partial charge in [0.2, 0.25) is 5.91 Å². The molecule has 2 aliphatic heterocycles. The van der Waals surface area contributed by atoms with Gasteiger partial charge < -0.3 is 20.4 Å². The van der Waals surface area contributed by atoms with E-state index in [4.69, 9.17) is 0 Å². The molecule has 2 fully saturated rings.